The maximum absolute atomic E-state index is 12.0. The Morgan fingerprint density at radius 2 is 1.21 bits per heavy atom. The Morgan fingerprint density at radius 3 is 1.62 bits per heavy atom. The molecular weight excluding hydrogens is 360 g/mol. The Hall–Kier alpha value is -1.87. The zero-order chi connectivity index (χ0) is 21.8. The maximum atomic E-state index is 12.0. The third-order valence-corrected chi connectivity index (χ3v) is 3.80. The van der Waals surface area contributed by atoms with E-state index in [4.69, 9.17) is 9.47 Å². The zero-order valence-electron chi connectivity index (χ0n) is 19.2. The molecule has 0 spiro atoms. The van der Waals surface area contributed by atoms with Crippen molar-refractivity contribution in [3.8, 4) is 0 Å². The Bertz CT molecular complexity index is 545. The number of ether oxygens (including phenoxy) is 2. The number of esters is 1. The van der Waals surface area contributed by atoms with E-state index in [0.717, 1.165) is 38.5 Å². The molecule has 1 unspecified atom stereocenters. The maximum Gasteiger partial charge on any atom is 0.335 e. The van der Waals surface area contributed by atoms with E-state index in [0.29, 0.717) is 13.0 Å². The SMILES string of the molecule is CCC=CCC=CCC=CCC=CCC=CCCOC(CC)C(=O)OC(C)(C)C. The van der Waals surface area contributed by atoms with Crippen LogP contribution in [0.1, 0.15) is 79.6 Å². The minimum absolute atomic E-state index is 0.274. The predicted molar refractivity (Wildman–Crippen MR) is 125 cm³/mol. The smallest absolute Gasteiger partial charge is 0.335 e. The van der Waals surface area contributed by atoms with Crippen LogP contribution in [0.5, 0.6) is 0 Å². The lowest BCUT2D eigenvalue weighted by Crippen LogP contribution is -2.33. The minimum atomic E-state index is -0.475. The van der Waals surface area contributed by atoms with E-state index in [1.165, 1.54) is 0 Å². The highest BCUT2D eigenvalue weighted by atomic mass is 16.6. The van der Waals surface area contributed by atoms with Gasteiger partial charge in [0.25, 0.3) is 0 Å². The van der Waals surface area contributed by atoms with Crippen molar-refractivity contribution in [3.63, 3.8) is 0 Å². The van der Waals surface area contributed by atoms with Crippen molar-refractivity contribution < 1.29 is 14.3 Å². The van der Waals surface area contributed by atoms with Crippen LogP contribution < -0.4 is 0 Å². The molecule has 0 bridgehead atoms. The largest absolute Gasteiger partial charge is 0.458 e. The first kappa shape index (κ1) is 27.1. The van der Waals surface area contributed by atoms with Gasteiger partial charge in [0.05, 0.1) is 6.61 Å². The summed E-state index contributed by atoms with van der Waals surface area (Å²) in [7, 11) is 0. The average Bonchev–Trinajstić information content (AvgIpc) is 2.65. The van der Waals surface area contributed by atoms with Crippen molar-refractivity contribution in [3.05, 3.63) is 60.8 Å². The first-order valence-electron chi connectivity index (χ1n) is 11.0. The molecule has 164 valence electrons. The van der Waals surface area contributed by atoms with E-state index in [1.807, 2.05) is 27.7 Å². The lowest BCUT2D eigenvalue weighted by Gasteiger charge is -2.23. The number of hydrogen-bond acceptors (Lipinski definition) is 3. The molecule has 0 saturated heterocycles. The topological polar surface area (TPSA) is 35.5 Å². The number of rotatable bonds is 15. The van der Waals surface area contributed by atoms with Gasteiger partial charge in [-0.15, -0.1) is 0 Å². The molecule has 0 aromatic heterocycles. The molecule has 0 amide bonds. The van der Waals surface area contributed by atoms with Crippen LogP contribution in [0.4, 0.5) is 0 Å². The average molecular weight is 403 g/mol. The second-order valence-corrected chi connectivity index (χ2v) is 7.80. The minimum Gasteiger partial charge on any atom is -0.458 e. The zero-order valence-corrected chi connectivity index (χ0v) is 19.2. The van der Waals surface area contributed by atoms with Crippen LogP contribution in [0.2, 0.25) is 0 Å². The van der Waals surface area contributed by atoms with Gasteiger partial charge in [0.1, 0.15) is 5.60 Å². The van der Waals surface area contributed by atoms with Crippen LogP contribution >= 0.6 is 0 Å². The summed E-state index contributed by atoms with van der Waals surface area (Å²) >= 11 is 0. The normalized spacial score (nSPS) is 14.2. The molecule has 1 atom stereocenters. The molecule has 0 rings (SSSR count). The summed E-state index contributed by atoms with van der Waals surface area (Å²) in [5, 5.41) is 0. The lowest BCUT2D eigenvalue weighted by atomic mass is 10.2. The molecule has 0 fully saturated rings. The van der Waals surface area contributed by atoms with E-state index < -0.39 is 11.7 Å². The standard InChI is InChI=1S/C26H42O3/c1-6-8-9-10-11-12-13-14-15-16-17-18-19-20-21-22-23-28-24(7-2)25(27)29-26(3,4)5/h8-9,11-12,14-15,17-18,20-21,24H,6-7,10,13,16,19,22-23H2,1-5H3. The van der Waals surface area contributed by atoms with Crippen LogP contribution in [-0.4, -0.2) is 24.3 Å². The van der Waals surface area contributed by atoms with Crippen molar-refractivity contribution >= 4 is 5.97 Å². The summed E-state index contributed by atoms with van der Waals surface area (Å²) in [6.07, 6.45) is 27.7. The monoisotopic (exact) mass is 402 g/mol. The molecular formula is C26H42O3. The van der Waals surface area contributed by atoms with E-state index in [1.54, 1.807) is 0 Å². The molecule has 3 heteroatoms. The van der Waals surface area contributed by atoms with Gasteiger partial charge in [-0.1, -0.05) is 74.6 Å². The summed E-state index contributed by atoms with van der Waals surface area (Å²) in [6, 6.07) is 0. The van der Waals surface area contributed by atoms with Gasteiger partial charge in [0, 0.05) is 0 Å². The number of hydrogen-bond donors (Lipinski definition) is 0. The van der Waals surface area contributed by atoms with Crippen molar-refractivity contribution in [1.82, 2.24) is 0 Å². The van der Waals surface area contributed by atoms with Crippen LogP contribution in [0.3, 0.4) is 0 Å². The Kier molecular flexibility index (Phi) is 17.0. The molecule has 0 aliphatic heterocycles. The highest BCUT2D eigenvalue weighted by molar-refractivity contribution is 5.75. The lowest BCUT2D eigenvalue weighted by molar-refractivity contribution is -0.168. The summed E-state index contributed by atoms with van der Waals surface area (Å²) in [5.74, 6) is -0.274. The summed E-state index contributed by atoms with van der Waals surface area (Å²) in [5.41, 5.74) is -0.474. The Morgan fingerprint density at radius 1 is 0.759 bits per heavy atom. The third-order valence-electron chi connectivity index (χ3n) is 3.80. The Labute approximate surface area is 179 Å². The molecule has 0 saturated carbocycles. The van der Waals surface area contributed by atoms with E-state index in [2.05, 4.69) is 67.7 Å². The molecule has 0 aliphatic carbocycles. The van der Waals surface area contributed by atoms with Gasteiger partial charge in [-0.25, -0.2) is 4.79 Å². The first-order chi connectivity index (χ1) is 13.9. The van der Waals surface area contributed by atoms with Crippen molar-refractivity contribution in [1.29, 1.82) is 0 Å². The fourth-order valence-corrected chi connectivity index (χ4v) is 2.37. The van der Waals surface area contributed by atoms with Crippen molar-refractivity contribution in [2.45, 2.75) is 91.3 Å². The Balaban J connectivity index is 3.78. The molecule has 29 heavy (non-hydrogen) atoms. The second-order valence-electron chi connectivity index (χ2n) is 7.80. The molecule has 0 aromatic carbocycles. The van der Waals surface area contributed by atoms with Crippen LogP contribution in [0, 0.1) is 0 Å². The fraction of sp³-hybridized carbons (Fsp3) is 0.577. The molecule has 0 radical (unpaired) electrons. The van der Waals surface area contributed by atoms with E-state index in [9.17, 15) is 4.79 Å². The van der Waals surface area contributed by atoms with Gasteiger partial charge in [0.2, 0.25) is 0 Å². The molecule has 0 aliphatic rings. The van der Waals surface area contributed by atoms with Crippen molar-refractivity contribution in [2.75, 3.05) is 6.61 Å². The summed E-state index contributed by atoms with van der Waals surface area (Å²) in [4.78, 5) is 12.0. The number of allylic oxidation sites excluding steroid dienone is 9. The van der Waals surface area contributed by atoms with Crippen LogP contribution in [0.25, 0.3) is 0 Å². The van der Waals surface area contributed by atoms with E-state index in [-0.39, 0.29) is 5.97 Å². The van der Waals surface area contributed by atoms with Gasteiger partial charge in [0.15, 0.2) is 6.10 Å². The first-order valence-corrected chi connectivity index (χ1v) is 11.0. The van der Waals surface area contributed by atoms with Crippen LogP contribution in [0.15, 0.2) is 60.8 Å². The van der Waals surface area contributed by atoms with E-state index >= 15 is 0 Å². The molecule has 0 N–H and O–H groups in total. The highest BCUT2D eigenvalue weighted by Crippen LogP contribution is 2.11. The van der Waals surface area contributed by atoms with Gasteiger partial charge in [-0.3, -0.25) is 0 Å². The quantitative estimate of drug-likeness (QED) is 0.164. The van der Waals surface area contributed by atoms with Crippen molar-refractivity contribution in [2.24, 2.45) is 0 Å². The second kappa shape index (κ2) is 18.2. The highest BCUT2D eigenvalue weighted by Gasteiger charge is 2.24. The van der Waals surface area contributed by atoms with Crippen LogP contribution in [-0.2, 0) is 14.3 Å². The van der Waals surface area contributed by atoms with Gasteiger partial charge in [-0.2, -0.15) is 0 Å². The summed E-state index contributed by atoms with van der Waals surface area (Å²) < 4.78 is 11.0. The third kappa shape index (κ3) is 19.2. The fourth-order valence-electron chi connectivity index (χ4n) is 2.37. The molecule has 0 heterocycles. The van der Waals surface area contributed by atoms with Gasteiger partial charge < -0.3 is 9.47 Å². The predicted octanol–water partition coefficient (Wildman–Crippen LogP) is 7.26. The van der Waals surface area contributed by atoms with Gasteiger partial charge in [-0.05, 0) is 65.7 Å². The summed E-state index contributed by atoms with van der Waals surface area (Å²) in [6.45, 7) is 10.2. The molecule has 0 aromatic rings. The number of carbonyl (C=O) groups is 1. The number of carbonyl (C=O) groups excluding carboxylic acids is 1. The molecule has 3 nitrogen and oxygen atoms in total. The van der Waals surface area contributed by atoms with Gasteiger partial charge >= 0.3 is 5.97 Å².